The van der Waals surface area contributed by atoms with Crippen LogP contribution in [-0.4, -0.2) is 37.3 Å². The minimum atomic E-state index is -0.673. The van der Waals surface area contributed by atoms with E-state index in [1.165, 1.54) is 22.9 Å². The Kier molecular flexibility index (Phi) is 5.64. The summed E-state index contributed by atoms with van der Waals surface area (Å²) in [4.78, 5) is 25.4. The lowest BCUT2D eigenvalue weighted by Crippen LogP contribution is -2.48. The van der Waals surface area contributed by atoms with Crippen molar-refractivity contribution in [2.24, 2.45) is 0 Å². The van der Waals surface area contributed by atoms with Crippen molar-refractivity contribution < 1.29 is 14.3 Å². The molecule has 1 aliphatic rings. The fourth-order valence-electron chi connectivity index (χ4n) is 3.25. The maximum absolute atomic E-state index is 12.2. The number of carbonyl (C=O) groups excluding carboxylic acids is 2. The first-order chi connectivity index (χ1) is 12.6. The van der Waals surface area contributed by atoms with E-state index in [1.807, 2.05) is 36.6 Å². The van der Waals surface area contributed by atoms with E-state index in [-0.39, 0.29) is 6.54 Å². The standard InChI is InChI=1S/C20H22N2O3S/c1-25-20(11-14-7-3-4-8-15(14)12-20)13-21-18(23)19(24)22-16-9-5-6-10-17(16)26-2/h3-10H,11-13H2,1-2H3,(H,21,23)(H,22,24). The summed E-state index contributed by atoms with van der Waals surface area (Å²) in [6, 6.07) is 15.5. The van der Waals surface area contributed by atoms with Crippen molar-refractivity contribution >= 4 is 29.3 Å². The second-order valence-electron chi connectivity index (χ2n) is 6.35. The molecular formula is C20H22N2O3S. The molecule has 0 fully saturated rings. The lowest BCUT2D eigenvalue weighted by Gasteiger charge is -2.27. The van der Waals surface area contributed by atoms with Crippen molar-refractivity contribution in [3.63, 3.8) is 0 Å². The molecule has 0 aromatic heterocycles. The fraction of sp³-hybridized carbons (Fsp3) is 0.300. The summed E-state index contributed by atoms with van der Waals surface area (Å²) < 4.78 is 5.72. The predicted molar refractivity (Wildman–Crippen MR) is 103 cm³/mol. The van der Waals surface area contributed by atoms with Gasteiger partial charge in [-0.25, -0.2) is 0 Å². The zero-order valence-corrected chi connectivity index (χ0v) is 15.7. The molecule has 0 saturated heterocycles. The Morgan fingerprint density at radius 2 is 1.65 bits per heavy atom. The first-order valence-corrected chi connectivity index (χ1v) is 9.63. The largest absolute Gasteiger partial charge is 0.376 e. The van der Waals surface area contributed by atoms with Crippen molar-refractivity contribution in [1.29, 1.82) is 0 Å². The summed E-state index contributed by atoms with van der Waals surface area (Å²) in [7, 11) is 1.65. The molecule has 26 heavy (non-hydrogen) atoms. The lowest BCUT2D eigenvalue weighted by molar-refractivity contribution is -0.137. The number of methoxy groups -OCH3 is 1. The number of rotatable bonds is 5. The molecule has 0 aliphatic heterocycles. The number of thioether (sulfide) groups is 1. The lowest BCUT2D eigenvalue weighted by atomic mass is 10.00. The van der Waals surface area contributed by atoms with E-state index >= 15 is 0 Å². The van der Waals surface area contributed by atoms with Gasteiger partial charge in [-0.1, -0.05) is 36.4 Å². The molecule has 5 nitrogen and oxygen atoms in total. The highest BCUT2D eigenvalue weighted by Gasteiger charge is 2.37. The number of para-hydroxylation sites is 1. The third kappa shape index (κ3) is 3.92. The molecule has 0 radical (unpaired) electrons. The minimum Gasteiger partial charge on any atom is -0.376 e. The van der Waals surface area contributed by atoms with Crippen LogP contribution in [0.4, 0.5) is 5.69 Å². The SMILES string of the molecule is COC1(CNC(=O)C(=O)Nc2ccccc2SC)Cc2ccccc2C1. The van der Waals surface area contributed by atoms with Crippen LogP contribution in [0.2, 0.25) is 0 Å². The Balaban J connectivity index is 1.60. The molecule has 0 atom stereocenters. The number of benzene rings is 2. The van der Waals surface area contributed by atoms with Crippen molar-refractivity contribution in [2.75, 3.05) is 25.2 Å². The maximum Gasteiger partial charge on any atom is 0.313 e. The monoisotopic (exact) mass is 370 g/mol. The molecule has 2 aromatic rings. The van der Waals surface area contributed by atoms with Gasteiger partial charge in [0.15, 0.2) is 0 Å². The Morgan fingerprint density at radius 3 is 2.27 bits per heavy atom. The van der Waals surface area contributed by atoms with Gasteiger partial charge in [0.05, 0.1) is 11.3 Å². The predicted octanol–water partition coefficient (Wildman–Crippen LogP) is 2.65. The van der Waals surface area contributed by atoms with Crippen LogP contribution in [0, 0.1) is 0 Å². The molecule has 136 valence electrons. The van der Waals surface area contributed by atoms with Crippen molar-refractivity contribution in [3.8, 4) is 0 Å². The molecule has 1 aliphatic carbocycles. The van der Waals surface area contributed by atoms with Gasteiger partial charge in [-0.2, -0.15) is 0 Å². The second kappa shape index (κ2) is 7.93. The number of hydrogen-bond acceptors (Lipinski definition) is 4. The van der Waals surface area contributed by atoms with E-state index in [1.54, 1.807) is 13.2 Å². The number of carbonyl (C=O) groups is 2. The van der Waals surface area contributed by atoms with Crippen LogP contribution in [-0.2, 0) is 27.2 Å². The van der Waals surface area contributed by atoms with Crippen LogP contribution >= 0.6 is 11.8 Å². The molecule has 0 bridgehead atoms. The maximum atomic E-state index is 12.2. The zero-order chi connectivity index (χ0) is 18.6. The van der Waals surface area contributed by atoms with Gasteiger partial charge in [0.1, 0.15) is 0 Å². The molecule has 2 aromatic carbocycles. The van der Waals surface area contributed by atoms with Crippen LogP contribution in [0.25, 0.3) is 0 Å². The molecule has 3 rings (SSSR count). The van der Waals surface area contributed by atoms with E-state index in [0.29, 0.717) is 5.69 Å². The van der Waals surface area contributed by atoms with Crippen LogP contribution < -0.4 is 10.6 Å². The fourth-order valence-corrected chi connectivity index (χ4v) is 3.80. The third-order valence-corrected chi connectivity index (χ3v) is 5.50. The highest BCUT2D eigenvalue weighted by Crippen LogP contribution is 2.32. The van der Waals surface area contributed by atoms with Crippen LogP contribution in [0.5, 0.6) is 0 Å². The average molecular weight is 370 g/mol. The summed E-state index contributed by atoms with van der Waals surface area (Å²) in [5.41, 5.74) is 2.58. The molecule has 0 spiro atoms. The van der Waals surface area contributed by atoms with Gasteiger partial charge in [-0.05, 0) is 29.5 Å². The molecule has 0 saturated carbocycles. The van der Waals surface area contributed by atoms with Gasteiger partial charge in [0, 0.05) is 31.4 Å². The number of nitrogens with one attached hydrogen (secondary N) is 2. The Morgan fingerprint density at radius 1 is 1.04 bits per heavy atom. The highest BCUT2D eigenvalue weighted by molar-refractivity contribution is 7.98. The van der Waals surface area contributed by atoms with Crippen molar-refractivity contribution in [1.82, 2.24) is 5.32 Å². The Hall–Kier alpha value is -2.31. The molecule has 0 unspecified atom stereocenters. The summed E-state index contributed by atoms with van der Waals surface area (Å²) in [5, 5.41) is 5.40. The van der Waals surface area contributed by atoms with Gasteiger partial charge in [-0.3, -0.25) is 9.59 Å². The van der Waals surface area contributed by atoms with E-state index in [9.17, 15) is 9.59 Å². The number of hydrogen-bond donors (Lipinski definition) is 2. The smallest absolute Gasteiger partial charge is 0.313 e. The van der Waals surface area contributed by atoms with Crippen molar-refractivity contribution in [3.05, 3.63) is 59.7 Å². The molecular weight excluding hydrogens is 348 g/mol. The molecule has 0 heterocycles. The third-order valence-electron chi connectivity index (χ3n) is 4.71. The first kappa shape index (κ1) is 18.5. The topological polar surface area (TPSA) is 67.4 Å². The highest BCUT2D eigenvalue weighted by atomic mass is 32.2. The van der Waals surface area contributed by atoms with Crippen molar-refractivity contribution in [2.45, 2.75) is 23.3 Å². The van der Waals surface area contributed by atoms with Crippen LogP contribution in [0.3, 0.4) is 0 Å². The van der Waals surface area contributed by atoms with Gasteiger partial charge in [-0.15, -0.1) is 11.8 Å². The van der Waals surface area contributed by atoms with E-state index in [2.05, 4.69) is 22.8 Å². The van der Waals surface area contributed by atoms with Crippen LogP contribution in [0.1, 0.15) is 11.1 Å². The number of amides is 2. The summed E-state index contributed by atoms with van der Waals surface area (Å²) >= 11 is 1.51. The molecule has 2 N–H and O–H groups in total. The number of anilines is 1. The van der Waals surface area contributed by atoms with E-state index in [0.717, 1.165) is 17.7 Å². The van der Waals surface area contributed by atoms with Crippen LogP contribution in [0.15, 0.2) is 53.4 Å². The number of fused-ring (bicyclic) bond motifs is 1. The van der Waals surface area contributed by atoms with Gasteiger partial charge in [0.2, 0.25) is 0 Å². The summed E-state index contributed by atoms with van der Waals surface area (Å²) in [6.07, 6.45) is 3.36. The molecule has 6 heteroatoms. The summed E-state index contributed by atoms with van der Waals surface area (Å²) in [6.45, 7) is 0.286. The van der Waals surface area contributed by atoms with Gasteiger partial charge < -0.3 is 15.4 Å². The average Bonchev–Trinajstić information content (AvgIpc) is 3.05. The van der Waals surface area contributed by atoms with E-state index in [4.69, 9.17) is 4.74 Å². The number of ether oxygens (including phenoxy) is 1. The zero-order valence-electron chi connectivity index (χ0n) is 14.9. The Labute approximate surface area is 157 Å². The normalized spacial score (nSPS) is 14.5. The van der Waals surface area contributed by atoms with Gasteiger partial charge in [0.25, 0.3) is 0 Å². The van der Waals surface area contributed by atoms with E-state index < -0.39 is 17.4 Å². The minimum absolute atomic E-state index is 0.286. The molecule has 2 amide bonds. The second-order valence-corrected chi connectivity index (χ2v) is 7.19. The quantitative estimate of drug-likeness (QED) is 0.627. The first-order valence-electron chi connectivity index (χ1n) is 8.41. The van der Waals surface area contributed by atoms with Gasteiger partial charge >= 0.3 is 11.8 Å². The Bertz CT molecular complexity index is 797. The summed E-state index contributed by atoms with van der Waals surface area (Å²) in [5.74, 6) is -1.33.